The summed E-state index contributed by atoms with van der Waals surface area (Å²) in [4.78, 5) is 14.0. The molecule has 20 heavy (non-hydrogen) atoms. The van der Waals surface area contributed by atoms with E-state index in [4.69, 9.17) is 5.73 Å². The van der Waals surface area contributed by atoms with Crippen molar-refractivity contribution in [2.75, 3.05) is 12.8 Å². The molecule has 0 aliphatic heterocycles. The van der Waals surface area contributed by atoms with Crippen LogP contribution < -0.4 is 5.73 Å². The molecular formula is C15H14Br2N2O. The standard InChI is InChI=1S/C15H14Br2N2O/c1-19(9-10-2-4-11(16)5-3-10)15(20)13-7-6-12(17)8-14(13)18/h2-8H,9,18H2,1H3. The van der Waals surface area contributed by atoms with E-state index in [-0.39, 0.29) is 5.91 Å². The summed E-state index contributed by atoms with van der Waals surface area (Å²) in [5.74, 6) is -0.0853. The van der Waals surface area contributed by atoms with Crippen molar-refractivity contribution in [3.63, 3.8) is 0 Å². The number of amides is 1. The first-order chi connectivity index (χ1) is 9.47. The number of anilines is 1. The smallest absolute Gasteiger partial charge is 0.255 e. The molecule has 0 saturated carbocycles. The zero-order valence-corrected chi connectivity index (χ0v) is 14.1. The molecule has 0 radical (unpaired) electrons. The Hall–Kier alpha value is -1.33. The van der Waals surface area contributed by atoms with Crippen LogP contribution in [0.25, 0.3) is 0 Å². The van der Waals surface area contributed by atoms with Crippen LogP contribution in [0.4, 0.5) is 5.69 Å². The number of nitrogen functional groups attached to an aromatic ring is 1. The summed E-state index contributed by atoms with van der Waals surface area (Å²) in [5.41, 5.74) is 7.96. The molecule has 0 saturated heterocycles. The molecule has 0 unspecified atom stereocenters. The summed E-state index contributed by atoms with van der Waals surface area (Å²) in [6, 6.07) is 13.2. The number of carbonyl (C=O) groups excluding carboxylic acids is 1. The Morgan fingerprint density at radius 1 is 1.10 bits per heavy atom. The number of halogens is 2. The van der Waals surface area contributed by atoms with Crippen LogP contribution in [-0.4, -0.2) is 17.9 Å². The van der Waals surface area contributed by atoms with Gasteiger partial charge in [0, 0.05) is 28.2 Å². The Labute approximate surface area is 135 Å². The molecule has 2 aromatic rings. The number of nitrogens with zero attached hydrogens (tertiary/aromatic N) is 1. The largest absolute Gasteiger partial charge is 0.398 e. The highest BCUT2D eigenvalue weighted by molar-refractivity contribution is 9.10. The zero-order valence-electron chi connectivity index (χ0n) is 10.9. The lowest BCUT2D eigenvalue weighted by Crippen LogP contribution is -2.26. The van der Waals surface area contributed by atoms with Crippen molar-refractivity contribution in [1.82, 2.24) is 4.90 Å². The van der Waals surface area contributed by atoms with E-state index in [0.29, 0.717) is 17.8 Å². The van der Waals surface area contributed by atoms with Gasteiger partial charge in [-0.05, 0) is 35.9 Å². The zero-order chi connectivity index (χ0) is 14.7. The van der Waals surface area contributed by atoms with Gasteiger partial charge in [0.05, 0.1) is 5.56 Å². The van der Waals surface area contributed by atoms with Crippen LogP contribution in [0.15, 0.2) is 51.4 Å². The monoisotopic (exact) mass is 396 g/mol. The van der Waals surface area contributed by atoms with Gasteiger partial charge in [0.25, 0.3) is 5.91 Å². The van der Waals surface area contributed by atoms with Crippen LogP contribution in [-0.2, 0) is 6.54 Å². The highest BCUT2D eigenvalue weighted by atomic mass is 79.9. The molecule has 0 heterocycles. The van der Waals surface area contributed by atoms with Crippen LogP contribution >= 0.6 is 31.9 Å². The summed E-state index contributed by atoms with van der Waals surface area (Å²) >= 11 is 6.73. The minimum Gasteiger partial charge on any atom is -0.398 e. The second-order valence-electron chi connectivity index (χ2n) is 4.52. The fourth-order valence-corrected chi connectivity index (χ4v) is 2.51. The summed E-state index contributed by atoms with van der Waals surface area (Å²) in [6.45, 7) is 0.543. The molecule has 3 nitrogen and oxygen atoms in total. The van der Waals surface area contributed by atoms with Crippen LogP contribution in [0.3, 0.4) is 0 Å². The van der Waals surface area contributed by atoms with Crippen LogP contribution in [0.5, 0.6) is 0 Å². The van der Waals surface area contributed by atoms with Crippen LogP contribution in [0, 0.1) is 0 Å². The Morgan fingerprint density at radius 2 is 1.70 bits per heavy atom. The fourth-order valence-electron chi connectivity index (χ4n) is 1.87. The maximum Gasteiger partial charge on any atom is 0.255 e. The van der Waals surface area contributed by atoms with E-state index in [9.17, 15) is 4.79 Å². The van der Waals surface area contributed by atoms with E-state index >= 15 is 0 Å². The molecule has 1 amide bonds. The van der Waals surface area contributed by atoms with Gasteiger partial charge in [-0.2, -0.15) is 0 Å². The van der Waals surface area contributed by atoms with Crippen LogP contribution in [0.2, 0.25) is 0 Å². The van der Waals surface area contributed by atoms with Crippen molar-refractivity contribution >= 4 is 43.5 Å². The average molecular weight is 398 g/mol. The molecule has 104 valence electrons. The van der Waals surface area contributed by atoms with E-state index in [2.05, 4.69) is 31.9 Å². The van der Waals surface area contributed by atoms with Gasteiger partial charge in [0.1, 0.15) is 0 Å². The van der Waals surface area contributed by atoms with Crippen molar-refractivity contribution in [2.45, 2.75) is 6.54 Å². The highest BCUT2D eigenvalue weighted by Gasteiger charge is 2.15. The summed E-state index contributed by atoms with van der Waals surface area (Å²) < 4.78 is 1.88. The van der Waals surface area contributed by atoms with Gasteiger partial charge in [0.2, 0.25) is 0 Å². The molecule has 0 fully saturated rings. The van der Waals surface area contributed by atoms with E-state index in [1.54, 1.807) is 24.1 Å². The van der Waals surface area contributed by atoms with Crippen molar-refractivity contribution in [3.05, 3.63) is 62.5 Å². The molecule has 0 aromatic heterocycles. The molecule has 0 aliphatic rings. The lowest BCUT2D eigenvalue weighted by molar-refractivity contribution is 0.0786. The van der Waals surface area contributed by atoms with Gasteiger partial charge < -0.3 is 10.6 Å². The topological polar surface area (TPSA) is 46.3 Å². The molecule has 0 aliphatic carbocycles. The first-order valence-corrected chi connectivity index (χ1v) is 7.61. The van der Waals surface area contributed by atoms with E-state index in [0.717, 1.165) is 14.5 Å². The Morgan fingerprint density at radius 3 is 2.30 bits per heavy atom. The SMILES string of the molecule is CN(Cc1ccc(Br)cc1)C(=O)c1ccc(Br)cc1N. The van der Waals surface area contributed by atoms with Gasteiger partial charge in [-0.15, -0.1) is 0 Å². The molecule has 0 bridgehead atoms. The highest BCUT2D eigenvalue weighted by Crippen LogP contribution is 2.20. The third kappa shape index (κ3) is 3.61. The van der Waals surface area contributed by atoms with Gasteiger partial charge >= 0.3 is 0 Å². The first-order valence-electron chi connectivity index (χ1n) is 6.02. The van der Waals surface area contributed by atoms with Gasteiger partial charge in [-0.3, -0.25) is 4.79 Å². The third-order valence-electron chi connectivity index (χ3n) is 2.92. The molecule has 2 aromatic carbocycles. The normalized spacial score (nSPS) is 10.3. The maximum absolute atomic E-state index is 12.4. The molecule has 5 heteroatoms. The maximum atomic E-state index is 12.4. The predicted molar refractivity (Wildman–Crippen MR) is 88.5 cm³/mol. The summed E-state index contributed by atoms with van der Waals surface area (Å²) in [7, 11) is 1.77. The number of carbonyl (C=O) groups is 1. The minimum absolute atomic E-state index is 0.0853. The molecule has 2 N–H and O–H groups in total. The molecular weight excluding hydrogens is 384 g/mol. The van der Waals surface area contributed by atoms with Crippen molar-refractivity contribution in [3.8, 4) is 0 Å². The van der Waals surface area contributed by atoms with Gasteiger partial charge in [-0.1, -0.05) is 44.0 Å². The number of hydrogen-bond donors (Lipinski definition) is 1. The van der Waals surface area contributed by atoms with Crippen LogP contribution in [0.1, 0.15) is 15.9 Å². The van der Waals surface area contributed by atoms with E-state index in [1.807, 2.05) is 30.3 Å². The minimum atomic E-state index is -0.0853. The van der Waals surface area contributed by atoms with E-state index < -0.39 is 0 Å². The second kappa shape index (κ2) is 6.41. The number of hydrogen-bond acceptors (Lipinski definition) is 2. The van der Waals surface area contributed by atoms with E-state index in [1.165, 1.54) is 0 Å². The summed E-state index contributed by atoms with van der Waals surface area (Å²) in [6.07, 6.45) is 0. The number of benzene rings is 2. The molecule has 2 rings (SSSR count). The van der Waals surface area contributed by atoms with Gasteiger partial charge in [0.15, 0.2) is 0 Å². The number of nitrogens with two attached hydrogens (primary N) is 1. The first kappa shape index (κ1) is 15.1. The van der Waals surface area contributed by atoms with Crippen molar-refractivity contribution in [1.29, 1.82) is 0 Å². The lowest BCUT2D eigenvalue weighted by atomic mass is 10.1. The number of rotatable bonds is 3. The fraction of sp³-hybridized carbons (Fsp3) is 0.133. The second-order valence-corrected chi connectivity index (χ2v) is 6.35. The van der Waals surface area contributed by atoms with Gasteiger partial charge in [-0.25, -0.2) is 0 Å². The predicted octanol–water partition coefficient (Wildman–Crippen LogP) is 4.07. The van der Waals surface area contributed by atoms with Crippen molar-refractivity contribution in [2.24, 2.45) is 0 Å². The Kier molecular flexibility index (Phi) is 4.83. The quantitative estimate of drug-likeness (QED) is 0.793. The lowest BCUT2D eigenvalue weighted by Gasteiger charge is -2.18. The average Bonchev–Trinajstić information content (AvgIpc) is 2.40. The molecule has 0 spiro atoms. The summed E-state index contributed by atoms with van der Waals surface area (Å²) in [5, 5.41) is 0. The van der Waals surface area contributed by atoms with Crippen molar-refractivity contribution < 1.29 is 4.79 Å². The Balaban J connectivity index is 2.14. The third-order valence-corrected chi connectivity index (χ3v) is 3.95. The Bertz CT molecular complexity index is 626. The molecule has 0 atom stereocenters.